The van der Waals surface area contributed by atoms with Crippen LogP contribution in [-0.4, -0.2) is 21.1 Å². The molecule has 1 atom stereocenters. The lowest BCUT2D eigenvalue weighted by Gasteiger charge is -2.17. The first kappa shape index (κ1) is 18.8. The van der Waals surface area contributed by atoms with Gasteiger partial charge in [-0.3, -0.25) is 9.59 Å². The molecule has 3 rings (SSSR count). The van der Waals surface area contributed by atoms with Gasteiger partial charge >= 0.3 is 0 Å². The summed E-state index contributed by atoms with van der Waals surface area (Å²) in [6.07, 6.45) is 5.76. The fraction of sp³-hybridized carbons (Fsp3) is 0.474. The topological polar surface area (TPSA) is 87.7 Å². The summed E-state index contributed by atoms with van der Waals surface area (Å²) in [5.74, 6) is 0.872. The number of aromatic amines is 1. The molecule has 1 heterocycles. The van der Waals surface area contributed by atoms with Gasteiger partial charge in [0.25, 0.3) is 5.56 Å². The molecule has 1 saturated carbocycles. The first-order valence-corrected chi connectivity index (χ1v) is 9.88. The van der Waals surface area contributed by atoms with E-state index in [-0.39, 0.29) is 17.2 Å². The lowest BCUT2D eigenvalue weighted by Crippen LogP contribution is -2.34. The number of carbonyl (C=O) groups is 1. The molecular formula is C19H23BrN4O2. The maximum Gasteiger partial charge on any atom is 0.275 e. The molecule has 2 N–H and O–H groups in total. The number of carbonyl (C=O) groups excluding carboxylic acids is 1. The summed E-state index contributed by atoms with van der Waals surface area (Å²) in [5, 5.41) is 11.2. The zero-order valence-corrected chi connectivity index (χ0v) is 16.4. The van der Waals surface area contributed by atoms with Crippen LogP contribution in [0.2, 0.25) is 0 Å². The molecule has 1 unspecified atom stereocenters. The number of hydrogen-bond donors (Lipinski definition) is 2. The van der Waals surface area contributed by atoms with Crippen molar-refractivity contribution in [2.45, 2.75) is 51.5 Å². The lowest BCUT2D eigenvalue weighted by molar-refractivity contribution is -0.122. The van der Waals surface area contributed by atoms with E-state index >= 15 is 0 Å². The molecule has 1 aliphatic carbocycles. The maximum absolute atomic E-state index is 12.5. The average Bonchev–Trinajstić information content (AvgIpc) is 3.13. The molecule has 0 bridgehead atoms. The normalized spacial score (nSPS) is 15.8. The third-order valence-electron chi connectivity index (χ3n) is 4.86. The highest BCUT2D eigenvalue weighted by molar-refractivity contribution is 9.10. The monoisotopic (exact) mass is 418 g/mol. The van der Waals surface area contributed by atoms with Crippen molar-refractivity contribution in [3.8, 4) is 11.4 Å². The highest BCUT2D eigenvalue weighted by atomic mass is 79.9. The number of amides is 1. The van der Waals surface area contributed by atoms with E-state index in [2.05, 4.69) is 36.4 Å². The Hall–Kier alpha value is -2.02. The summed E-state index contributed by atoms with van der Waals surface area (Å²) >= 11 is 3.38. The second-order valence-electron chi connectivity index (χ2n) is 6.78. The highest BCUT2D eigenvalue weighted by Gasteiger charge is 2.22. The smallest absolute Gasteiger partial charge is 0.275 e. The van der Waals surface area contributed by atoms with E-state index in [9.17, 15) is 9.59 Å². The number of H-pyrrole nitrogens is 1. The zero-order valence-electron chi connectivity index (χ0n) is 14.8. The van der Waals surface area contributed by atoms with Crippen molar-refractivity contribution in [1.82, 2.24) is 20.5 Å². The summed E-state index contributed by atoms with van der Waals surface area (Å²) in [5.41, 5.74) is 0.724. The van der Waals surface area contributed by atoms with E-state index in [0.717, 1.165) is 22.9 Å². The first-order valence-electron chi connectivity index (χ1n) is 9.09. The fourth-order valence-electron chi connectivity index (χ4n) is 3.41. The molecule has 1 fully saturated rings. The number of aromatic nitrogens is 3. The van der Waals surface area contributed by atoms with Gasteiger partial charge in [-0.05, 0) is 37.3 Å². The Morgan fingerprint density at radius 3 is 2.58 bits per heavy atom. The summed E-state index contributed by atoms with van der Waals surface area (Å²) in [7, 11) is 0. The van der Waals surface area contributed by atoms with E-state index in [1.807, 2.05) is 31.2 Å². The molecule has 0 aliphatic heterocycles. The zero-order chi connectivity index (χ0) is 18.5. The van der Waals surface area contributed by atoms with Crippen LogP contribution < -0.4 is 10.9 Å². The van der Waals surface area contributed by atoms with Crippen molar-refractivity contribution in [2.24, 2.45) is 5.92 Å². The van der Waals surface area contributed by atoms with Crippen molar-refractivity contribution < 1.29 is 4.79 Å². The lowest BCUT2D eigenvalue weighted by atomic mass is 10.0. The molecule has 0 radical (unpaired) electrons. The van der Waals surface area contributed by atoms with Crippen molar-refractivity contribution in [1.29, 1.82) is 0 Å². The van der Waals surface area contributed by atoms with E-state index < -0.39 is 6.04 Å². The molecule has 1 aromatic heterocycles. The van der Waals surface area contributed by atoms with Gasteiger partial charge in [0.05, 0.1) is 6.04 Å². The van der Waals surface area contributed by atoms with Gasteiger partial charge in [-0.1, -0.05) is 47.8 Å². The maximum atomic E-state index is 12.5. The molecule has 7 heteroatoms. The van der Waals surface area contributed by atoms with Gasteiger partial charge in [-0.25, -0.2) is 0 Å². The summed E-state index contributed by atoms with van der Waals surface area (Å²) < 4.78 is 0.948. The Kier molecular flexibility index (Phi) is 6.19. The molecule has 26 heavy (non-hydrogen) atoms. The summed E-state index contributed by atoms with van der Waals surface area (Å²) in [4.78, 5) is 27.6. The van der Waals surface area contributed by atoms with Gasteiger partial charge in [0.1, 0.15) is 0 Å². The molecule has 6 nitrogen and oxygen atoms in total. The summed E-state index contributed by atoms with van der Waals surface area (Å²) in [6, 6.07) is 7.04. The van der Waals surface area contributed by atoms with Gasteiger partial charge < -0.3 is 10.3 Å². The number of benzene rings is 1. The fourth-order valence-corrected chi connectivity index (χ4v) is 3.67. The van der Waals surface area contributed by atoms with E-state index in [4.69, 9.17) is 0 Å². The molecule has 1 aliphatic rings. The Morgan fingerprint density at radius 2 is 1.96 bits per heavy atom. The van der Waals surface area contributed by atoms with Crippen LogP contribution >= 0.6 is 15.9 Å². The van der Waals surface area contributed by atoms with Gasteiger partial charge in [-0.15, -0.1) is 10.2 Å². The van der Waals surface area contributed by atoms with E-state index in [0.29, 0.717) is 24.6 Å². The third kappa shape index (κ3) is 4.58. The molecular weight excluding hydrogens is 396 g/mol. The van der Waals surface area contributed by atoms with Gasteiger partial charge in [0, 0.05) is 16.5 Å². The van der Waals surface area contributed by atoms with Gasteiger partial charge in [0.15, 0.2) is 11.5 Å². The van der Waals surface area contributed by atoms with Gasteiger partial charge in [-0.2, -0.15) is 0 Å². The standard InChI is InChI=1S/C19H23BrN4O2/c1-2-15(21-16(25)11-12-5-3-4-6-12)17-19(26)22-18(24-23-17)13-7-9-14(20)10-8-13/h7-10,12,15H,2-6,11H2,1H3,(H,21,25)(H,22,24,26). The minimum absolute atomic E-state index is 0.0121. The van der Waals surface area contributed by atoms with Crippen LogP contribution in [0.15, 0.2) is 33.5 Å². The van der Waals surface area contributed by atoms with E-state index in [1.165, 1.54) is 12.8 Å². The third-order valence-corrected chi connectivity index (χ3v) is 5.39. The Balaban J connectivity index is 1.72. The second kappa shape index (κ2) is 8.58. The Labute approximate surface area is 160 Å². The van der Waals surface area contributed by atoms with Crippen LogP contribution in [0, 0.1) is 5.92 Å². The van der Waals surface area contributed by atoms with Crippen LogP contribution in [0.3, 0.4) is 0 Å². The highest BCUT2D eigenvalue weighted by Crippen LogP contribution is 2.27. The largest absolute Gasteiger partial charge is 0.347 e. The van der Waals surface area contributed by atoms with Crippen molar-refractivity contribution in [3.05, 3.63) is 44.8 Å². The van der Waals surface area contributed by atoms with Crippen LogP contribution in [0.5, 0.6) is 0 Å². The number of nitrogens with one attached hydrogen (secondary N) is 2. The Morgan fingerprint density at radius 1 is 1.27 bits per heavy atom. The quantitative estimate of drug-likeness (QED) is 0.747. The second-order valence-corrected chi connectivity index (χ2v) is 7.69. The number of nitrogens with zero attached hydrogens (tertiary/aromatic N) is 2. The first-order chi connectivity index (χ1) is 12.6. The van der Waals surface area contributed by atoms with Gasteiger partial charge in [0.2, 0.25) is 5.91 Å². The average molecular weight is 419 g/mol. The van der Waals surface area contributed by atoms with E-state index in [1.54, 1.807) is 0 Å². The predicted octanol–water partition coefficient (Wildman–Crippen LogP) is 3.74. The van der Waals surface area contributed by atoms with Crippen LogP contribution in [-0.2, 0) is 4.79 Å². The van der Waals surface area contributed by atoms with Crippen LogP contribution in [0.1, 0.15) is 57.2 Å². The Bertz CT molecular complexity index is 813. The SMILES string of the molecule is CCC(NC(=O)CC1CCCC1)c1nnc(-c2ccc(Br)cc2)[nH]c1=O. The number of halogens is 1. The molecule has 2 aromatic rings. The van der Waals surface area contributed by atoms with Crippen LogP contribution in [0.25, 0.3) is 11.4 Å². The van der Waals surface area contributed by atoms with Crippen molar-refractivity contribution >= 4 is 21.8 Å². The minimum Gasteiger partial charge on any atom is -0.347 e. The molecule has 1 amide bonds. The number of hydrogen-bond acceptors (Lipinski definition) is 4. The van der Waals surface area contributed by atoms with Crippen LogP contribution in [0.4, 0.5) is 0 Å². The summed E-state index contributed by atoms with van der Waals surface area (Å²) in [6.45, 7) is 1.92. The molecule has 1 aromatic carbocycles. The number of rotatable bonds is 6. The molecule has 138 valence electrons. The predicted molar refractivity (Wildman–Crippen MR) is 104 cm³/mol. The molecule has 0 saturated heterocycles. The van der Waals surface area contributed by atoms with Crippen molar-refractivity contribution in [2.75, 3.05) is 0 Å². The molecule has 0 spiro atoms. The van der Waals surface area contributed by atoms with Crippen molar-refractivity contribution in [3.63, 3.8) is 0 Å². The minimum atomic E-state index is -0.417.